The van der Waals surface area contributed by atoms with E-state index in [4.69, 9.17) is 0 Å². The molecule has 114 valence electrons. The van der Waals surface area contributed by atoms with E-state index in [0.29, 0.717) is 16.8 Å². The second kappa shape index (κ2) is 5.65. The first-order chi connectivity index (χ1) is 11.0. The third-order valence-corrected chi connectivity index (χ3v) is 3.80. The molecule has 0 atom stereocenters. The highest BCUT2D eigenvalue weighted by Gasteiger charge is 2.35. The number of anilines is 1. The molecule has 0 unspecified atom stereocenters. The van der Waals surface area contributed by atoms with Crippen molar-refractivity contribution in [2.45, 2.75) is 13.8 Å². The minimum atomic E-state index is -0.459. The van der Waals surface area contributed by atoms with Crippen molar-refractivity contribution in [3.05, 3.63) is 71.3 Å². The Morgan fingerprint density at radius 1 is 1.00 bits per heavy atom. The summed E-state index contributed by atoms with van der Waals surface area (Å²) in [4.78, 5) is 37.8. The Labute approximate surface area is 134 Å². The van der Waals surface area contributed by atoms with Gasteiger partial charge in [0.05, 0.1) is 11.3 Å². The zero-order chi connectivity index (χ0) is 16.6. The van der Waals surface area contributed by atoms with Crippen LogP contribution in [0.1, 0.15) is 28.4 Å². The van der Waals surface area contributed by atoms with E-state index < -0.39 is 5.91 Å². The molecule has 0 bridgehead atoms. The molecule has 4 heteroatoms. The van der Waals surface area contributed by atoms with Crippen LogP contribution in [0.4, 0.5) is 5.69 Å². The molecular formula is C19H15NO3. The summed E-state index contributed by atoms with van der Waals surface area (Å²) in [5.74, 6) is -1.08. The zero-order valence-corrected chi connectivity index (χ0v) is 12.9. The van der Waals surface area contributed by atoms with Crippen LogP contribution in [0.3, 0.4) is 0 Å². The van der Waals surface area contributed by atoms with E-state index in [2.05, 4.69) is 0 Å². The number of imide groups is 1. The van der Waals surface area contributed by atoms with Gasteiger partial charge < -0.3 is 0 Å². The van der Waals surface area contributed by atoms with E-state index in [9.17, 15) is 14.4 Å². The maximum atomic E-state index is 12.5. The fraction of sp³-hybridized carbons (Fsp3) is 0.105. The number of allylic oxidation sites excluding steroid dienone is 1. The predicted octanol–water partition coefficient (Wildman–Crippen LogP) is 3.15. The number of amides is 2. The second-order valence-corrected chi connectivity index (χ2v) is 5.47. The first-order valence-corrected chi connectivity index (χ1v) is 7.26. The fourth-order valence-corrected chi connectivity index (χ4v) is 2.63. The molecule has 3 rings (SSSR count). The largest absolute Gasteiger partial charge is 0.289 e. The van der Waals surface area contributed by atoms with Crippen LogP contribution in [0.2, 0.25) is 0 Å². The Kier molecular flexibility index (Phi) is 3.66. The summed E-state index contributed by atoms with van der Waals surface area (Å²) in [5, 5.41) is 0. The summed E-state index contributed by atoms with van der Waals surface area (Å²) in [6.07, 6.45) is 1.31. The van der Waals surface area contributed by atoms with Gasteiger partial charge in [-0.3, -0.25) is 14.4 Å². The quantitative estimate of drug-likeness (QED) is 0.632. The third-order valence-electron chi connectivity index (χ3n) is 3.80. The number of carbonyl (C=O) groups excluding carboxylic acids is 3. The number of hydrogen-bond acceptors (Lipinski definition) is 3. The highest BCUT2D eigenvalue weighted by atomic mass is 16.2. The van der Waals surface area contributed by atoms with Crippen LogP contribution in [0.5, 0.6) is 0 Å². The lowest BCUT2D eigenvalue weighted by atomic mass is 10.0. The highest BCUT2D eigenvalue weighted by Crippen LogP contribution is 2.36. The molecule has 1 aliphatic rings. The zero-order valence-electron chi connectivity index (χ0n) is 12.9. The average Bonchev–Trinajstić information content (AvgIpc) is 2.80. The molecule has 0 aromatic heterocycles. The van der Waals surface area contributed by atoms with Gasteiger partial charge in [0.1, 0.15) is 0 Å². The van der Waals surface area contributed by atoms with Gasteiger partial charge in [-0.05, 0) is 19.1 Å². The second-order valence-electron chi connectivity index (χ2n) is 5.47. The molecule has 0 radical (unpaired) electrons. The van der Waals surface area contributed by atoms with E-state index in [1.54, 1.807) is 36.4 Å². The average molecular weight is 305 g/mol. The number of carbonyl (C=O) groups is 3. The standard InChI is InChI=1S/C19H15NO3/c1-12-7-9-14(10-8-12)18(22)11-16-15-5-3-4-6-17(15)20(13(2)21)19(16)23/h3-11H,1-2H3/b16-11-. The Hall–Kier alpha value is -3.01. The van der Waals surface area contributed by atoms with Gasteiger partial charge in [-0.15, -0.1) is 0 Å². The van der Waals surface area contributed by atoms with Crippen molar-refractivity contribution >= 4 is 28.9 Å². The maximum absolute atomic E-state index is 12.5. The third kappa shape index (κ3) is 2.59. The van der Waals surface area contributed by atoms with Crippen LogP contribution >= 0.6 is 0 Å². The monoisotopic (exact) mass is 305 g/mol. The molecule has 23 heavy (non-hydrogen) atoms. The first-order valence-electron chi connectivity index (χ1n) is 7.26. The van der Waals surface area contributed by atoms with Crippen LogP contribution in [0.25, 0.3) is 5.57 Å². The number of rotatable bonds is 2. The SMILES string of the molecule is CC(=O)N1C(=O)/C(=C\C(=O)c2ccc(C)cc2)c2ccccc21. The van der Waals surface area contributed by atoms with E-state index >= 15 is 0 Å². The normalized spacial score (nSPS) is 15.0. The number of benzene rings is 2. The molecule has 0 aliphatic carbocycles. The molecule has 0 saturated carbocycles. The van der Waals surface area contributed by atoms with Gasteiger partial charge in [-0.1, -0.05) is 48.0 Å². The van der Waals surface area contributed by atoms with Crippen molar-refractivity contribution in [2.24, 2.45) is 0 Å². The first kappa shape index (κ1) is 14.9. The predicted molar refractivity (Wildman–Crippen MR) is 88.1 cm³/mol. The summed E-state index contributed by atoms with van der Waals surface area (Å²) in [6.45, 7) is 3.27. The van der Waals surface area contributed by atoms with Crippen LogP contribution in [-0.4, -0.2) is 17.6 Å². The van der Waals surface area contributed by atoms with Crippen molar-refractivity contribution in [3.8, 4) is 0 Å². The lowest BCUT2D eigenvalue weighted by Gasteiger charge is -2.11. The van der Waals surface area contributed by atoms with Gasteiger partial charge in [-0.2, -0.15) is 0 Å². The molecule has 2 aromatic rings. The molecule has 2 amide bonds. The molecule has 1 heterocycles. The molecule has 0 spiro atoms. The van der Waals surface area contributed by atoms with Crippen molar-refractivity contribution in [3.63, 3.8) is 0 Å². The fourth-order valence-electron chi connectivity index (χ4n) is 2.63. The van der Waals surface area contributed by atoms with Gasteiger partial charge in [0, 0.05) is 18.1 Å². The van der Waals surface area contributed by atoms with Crippen LogP contribution in [0.15, 0.2) is 54.6 Å². The molecule has 0 N–H and O–H groups in total. The van der Waals surface area contributed by atoms with E-state index in [0.717, 1.165) is 10.5 Å². The van der Waals surface area contributed by atoms with E-state index in [1.165, 1.54) is 13.0 Å². The topological polar surface area (TPSA) is 54.5 Å². The number of para-hydroxylation sites is 1. The summed E-state index contributed by atoms with van der Waals surface area (Å²) < 4.78 is 0. The number of hydrogen-bond donors (Lipinski definition) is 0. The van der Waals surface area contributed by atoms with Gasteiger partial charge in [0.25, 0.3) is 5.91 Å². The van der Waals surface area contributed by atoms with Crippen molar-refractivity contribution < 1.29 is 14.4 Å². The number of ketones is 1. The summed E-state index contributed by atoms with van der Waals surface area (Å²) >= 11 is 0. The Balaban J connectivity index is 2.05. The Morgan fingerprint density at radius 3 is 2.30 bits per heavy atom. The Morgan fingerprint density at radius 2 is 1.65 bits per heavy atom. The van der Waals surface area contributed by atoms with Crippen LogP contribution < -0.4 is 4.90 Å². The van der Waals surface area contributed by atoms with Crippen molar-refractivity contribution in [1.82, 2.24) is 0 Å². The molecular weight excluding hydrogens is 290 g/mol. The van der Waals surface area contributed by atoms with Gasteiger partial charge in [0.15, 0.2) is 5.78 Å². The number of nitrogens with zero attached hydrogens (tertiary/aromatic N) is 1. The summed E-state index contributed by atoms with van der Waals surface area (Å²) in [6, 6.07) is 14.1. The Bertz CT molecular complexity index is 847. The number of fused-ring (bicyclic) bond motifs is 1. The van der Waals surface area contributed by atoms with E-state index in [1.807, 2.05) is 19.1 Å². The molecule has 4 nitrogen and oxygen atoms in total. The molecule has 0 saturated heterocycles. The maximum Gasteiger partial charge on any atom is 0.265 e. The number of aryl methyl sites for hydroxylation is 1. The molecule has 1 aliphatic heterocycles. The van der Waals surface area contributed by atoms with Gasteiger partial charge >= 0.3 is 0 Å². The molecule has 2 aromatic carbocycles. The lowest BCUT2D eigenvalue weighted by Crippen LogP contribution is -2.31. The van der Waals surface area contributed by atoms with Crippen LogP contribution in [-0.2, 0) is 9.59 Å². The highest BCUT2D eigenvalue weighted by molar-refractivity contribution is 6.41. The summed E-state index contributed by atoms with van der Waals surface area (Å²) in [5.41, 5.74) is 2.94. The van der Waals surface area contributed by atoms with E-state index in [-0.39, 0.29) is 17.3 Å². The lowest BCUT2D eigenvalue weighted by molar-refractivity contribution is -0.122. The van der Waals surface area contributed by atoms with Gasteiger partial charge in [-0.25, -0.2) is 4.90 Å². The summed E-state index contributed by atoms with van der Waals surface area (Å²) in [7, 11) is 0. The van der Waals surface area contributed by atoms with Crippen LogP contribution in [0, 0.1) is 6.92 Å². The van der Waals surface area contributed by atoms with Crippen molar-refractivity contribution in [1.29, 1.82) is 0 Å². The minimum absolute atomic E-state index is 0.251. The minimum Gasteiger partial charge on any atom is -0.289 e. The van der Waals surface area contributed by atoms with Crippen molar-refractivity contribution in [2.75, 3.05) is 4.90 Å². The van der Waals surface area contributed by atoms with Gasteiger partial charge in [0.2, 0.25) is 5.91 Å². The smallest absolute Gasteiger partial charge is 0.265 e. The molecule has 0 fully saturated rings.